The molecule has 25 heavy (non-hydrogen) atoms. The number of rotatable bonds is 3. The van der Waals surface area contributed by atoms with Gasteiger partial charge in [-0.3, -0.25) is 14.4 Å². The zero-order valence-corrected chi connectivity index (χ0v) is 16.4. The maximum atomic E-state index is 12.9. The summed E-state index contributed by atoms with van der Waals surface area (Å²) in [6.07, 6.45) is 1.67. The normalized spacial score (nSPS) is 22.6. The highest BCUT2D eigenvalue weighted by molar-refractivity contribution is 5.89. The number of hydrogen-bond donors (Lipinski definition) is 0. The standard InChI is InChI=1S/C19H33N3O3/c1-14(2)11-16(23)20-7-6-8-21(10-9-20)18(25)15-12-17(24)22(13-15)19(3,4)5/h14-15H,6-13H2,1-5H3. The Bertz CT molecular complexity index is 524. The van der Waals surface area contributed by atoms with Crippen LogP contribution in [0.1, 0.15) is 53.9 Å². The van der Waals surface area contributed by atoms with Gasteiger partial charge in [0.1, 0.15) is 0 Å². The molecule has 0 bridgehead atoms. The van der Waals surface area contributed by atoms with Crippen molar-refractivity contribution in [3.8, 4) is 0 Å². The number of carbonyl (C=O) groups is 3. The van der Waals surface area contributed by atoms with Crippen LogP contribution in [0.15, 0.2) is 0 Å². The van der Waals surface area contributed by atoms with Crippen LogP contribution in [0.3, 0.4) is 0 Å². The summed E-state index contributed by atoms with van der Waals surface area (Å²) in [7, 11) is 0. The third kappa shape index (κ3) is 4.95. The molecule has 2 saturated heterocycles. The highest BCUT2D eigenvalue weighted by Crippen LogP contribution is 2.27. The maximum absolute atomic E-state index is 12.9. The molecular formula is C19H33N3O3. The average molecular weight is 351 g/mol. The molecule has 2 heterocycles. The first-order valence-corrected chi connectivity index (χ1v) is 9.46. The SMILES string of the molecule is CC(C)CC(=O)N1CCCN(C(=O)C2CC(=O)N(C(C)(C)C)C2)CC1. The smallest absolute Gasteiger partial charge is 0.228 e. The second-order valence-electron chi connectivity index (χ2n) is 8.73. The highest BCUT2D eigenvalue weighted by Gasteiger charge is 2.41. The Hall–Kier alpha value is -1.59. The van der Waals surface area contributed by atoms with E-state index in [1.54, 1.807) is 0 Å². The van der Waals surface area contributed by atoms with Crippen LogP contribution in [-0.4, -0.2) is 70.7 Å². The highest BCUT2D eigenvalue weighted by atomic mass is 16.2. The molecule has 2 aliphatic rings. The van der Waals surface area contributed by atoms with E-state index in [-0.39, 0.29) is 29.2 Å². The summed E-state index contributed by atoms with van der Waals surface area (Å²) in [5.41, 5.74) is -0.245. The molecule has 3 amide bonds. The van der Waals surface area contributed by atoms with E-state index in [0.29, 0.717) is 51.5 Å². The van der Waals surface area contributed by atoms with Gasteiger partial charge in [0.25, 0.3) is 0 Å². The van der Waals surface area contributed by atoms with Crippen LogP contribution >= 0.6 is 0 Å². The van der Waals surface area contributed by atoms with E-state index >= 15 is 0 Å². The van der Waals surface area contributed by atoms with Crippen molar-refractivity contribution in [2.45, 2.75) is 59.4 Å². The average Bonchev–Trinajstić information content (AvgIpc) is 2.74. The minimum atomic E-state index is -0.246. The van der Waals surface area contributed by atoms with E-state index in [1.165, 1.54) is 0 Å². The molecule has 0 aromatic rings. The molecule has 0 spiro atoms. The summed E-state index contributed by atoms with van der Waals surface area (Å²) in [6.45, 7) is 13.2. The van der Waals surface area contributed by atoms with Crippen molar-refractivity contribution in [1.82, 2.24) is 14.7 Å². The Morgan fingerprint density at radius 3 is 2.24 bits per heavy atom. The van der Waals surface area contributed by atoms with Crippen molar-refractivity contribution < 1.29 is 14.4 Å². The first kappa shape index (κ1) is 19.7. The number of hydrogen-bond acceptors (Lipinski definition) is 3. The summed E-state index contributed by atoms with van der Waals surface area (Å²) in [6, 6.07) is 0. The lowest BCUT2D eigenvalue weighted by molar-refractivity contribution is -0.136. The molecule has 2 rings (SSSR count). The van der Waals surface area contributed by atoms with Gasteiger partial charge in [-0.1, -0.05) is 13.8 Å². The van der Waals surface area contributed by atoms with Crippen LogP contribution in [-0.2, 0) is 14.4 Å². The number of nitrogens with zero attached hydrogens (tertiary/aromatic N) is 3. The molecule has 0 aromatic carbocycles. The van der Waals surface area contributed by atoms with Crippen LogP contribution in [0.5, 0.6) is 0 Å². The molecule has 6 heteroatoms. The van der Waals surface area contributed by atoms with Crippen molar-refractivity contribution in [2.75, 3.05) is 32.7 Å². The van der Waals surface area contributed by atoms with Gasteiger partial charge in [-0.05, 0) is 33.1 Å². The van der Waals surface area contributed by atoms with Crippen molar-refractivity contribution in [3.05, 3.63) is 0 Å². The van der Waals surface area contributed by atoms with Crippen molar-refractivity contribution >= 4 is 17.7 Å². The second-order valence-corrected chi connectivity index (χ2v) is 8.73. The molecule has 142 valence electrons. The van der Waals surface area contributed by atoms with Gasteiger partial charge < -0.3 is 14.7 Å². The lowest BCUT2D eigenvalue weighted by Gasteiger charge is -2.32. The summed E-state index contributed by atoms with van der Waals surface area (Å²) < 4.78 is 0. The molecule has 0 aromatic heterocycles. The van der Waals surface area contributed by atoms with Gasteiger partial charge in [0.05, 0.1) is 5.92 Å². The van der Waals surface area contributed by atoms with Crippen molar-refractivity contribution in [3.63, 3.8) is 0 Å². The van der Waals surface area contributed by atoms with E-state index in [9.17, 15) is 14.4 Å². The molecular weight excluding hydrogens is 318 g/mol. The molecule has 1 unspecified atom stereocenters. The predicted molar refractivity (Wildman–Crippen MR) is 96.8 cm³/mol. The molecule has 0 aliphatic carbocycles. The van der Waals surface area contributed by atoms with E-state index in [0.717, 1.165) is 6.42 Å². The zero-order chi connectivity index (χ0) is 18.8. The molecule has 2 aliphatic heterocycles. The zero-order valence-electron chi connectivity index (χ0n) is 16.4. The third-order valence-corrected chi connectivity index (χ3v) is 5.03. The minimum Gasteiger partial charge on any atom is -0.341 e. The Morgan fingerprint density at radius 2 is 1.68 bits per heavy atom. The predicted octanol–water partition coefficient (Wildman–Crippen LogP) is 1.74. The van der Waals surface area contributed by atoms with E-state index in [1.807, 2.05) is 49.3 Å². The monoisotopic (exact) mass is 351 g/mol. The first-order valence-electron chi connectivity index (χ1n) is 9.46. The van der Waals surface area contributed by atoms with E-state index in [2.05, 4.69) is 0 Å². The minimum absolute atomic E-state index is 0.0643. The lowest BCUT2D eigenvalue weighted by Crippen LogP contribution is -2.44. The van der Waals surface area contributed by atoms with Gasteiger partial charge in [-0.15, -0.1) is 0 Å². The Morgan fingerprint density at radius 1 is 1.08 bits per heavy atom. The molecule has 2 fully saturated rings. The van der Waals surface area contributed by atoms with Crippen LogP contribution in [0.2, 0.25) is 0 Å². The fraction of sp³-hybridized carbons (Fsp3) is 0.842. The third-order valence-electron chi connectivity index (χ3n) is 5.03. The molecule has 0 N–H and O–H groups in total. The number of likely N-dealkylation sites (tertiary alicyclic amines) is 1. The van der Waals surface area contributed by atoms with Crippen LogP contribution in [0, 0.1) is 11.8 Å². The Kier molecular flexibility index (Phi) is 6.12. The lowest BCUT2D eigenvalue weighted by atomic mass is 10.1. The van der Waals surface area contributed by atoms with E-state index in [4.69, 9.17) is 0 Å². The largest absolute Gasteiger partial charge is 0.341 e. The molecule has 1 atom stereocenters. The summed E-state index contributed by atoms with van der Waals surface area (Å²) in [5.74, 6) is 0.415. The topological polar surface area (TPSA) is 60.9 Å². The second kappa shape index (κ2) is 7.75. The first-order chi connectivity index (χ1) is 11.6. The Balaban J connectivity index is 1.93. The van der Waals surface area contributed by atoms with Crippen LogP contribution < -0.4 is 0 Å². The quantitative estimate of drug-likeness (QED) is 0.778. The van der Waals surface area contributed by atoms with Crippen LogP contribution in [0.4, 0.5) is 0 Å². The van der Waals surface area contributed by atoms with Gasteiger partial charge in [0.2, 0.25) is 17.7 Å². The van der Waals surface area contributed by atoms with Gasteiger partial charge in [0.15, 0.2) is 0 Å². The van der Waals surface area contributed by atoms with Gasteiger partial charge >= 0.3 is 0 Å². The fourth-order valence-corrected chi connectivity index (χ4v) is 3.64. The molecule has 0 radical (unpaired) electrons. The van der Waals surface area contributed by atoms with Crippen LogP contribution in [0.25, 0.3) is 0 Å². The van der Waals surface area contributed by atoms with Crippen molar-refractivity contribution in [2.24, 2.45) is 11.8 Å². The van der Waals surface area contributed by atoms with Gasteiger partial charge in [0, 0.05) is 51.1 Å². The molecule has 6 nitrogen and oxygen atoms in total. The van der Waals surface area contributed by atoms with Crippen molar-refractivity contribution in [1.29, 1.82) is 0 Å². The molecule has 0 saturated carbocycles. The summed E-state index contributed by atoms with van der Waals surface area (Å²) in [4.78, 5) is 42.9. The van der Waals surface area contributed by atoms with Gasteiger partial charge in [-0.2, -0.15) is 0 Å². The number of carbonyl (C=O) groups excluding carboxylic acids is 3. The summed E-state index contributed by atoms with van der Waals surface area (Å²) in [5, 5.41) is 0. The number of amides is 3. The maximum Gasteiger partial charge on any atom is 0.228 e. The van der Waals surface area contributed by atoms with E-state index < -0.39 is 0 Å². The fourth-order valence-electron chi connectivity index (χ4n) is 3.64. The van der Waals surface area contributed by atoms with Gasteiger partial charge in [-0.25, -0.2) is 0 Å². The Labute approximate surface area is 151 Å². The summed E-state index contributed by atoms with van der Waals surface area (Å²) >= 11 is 0.